The summed E-state index contributed by atoms with van der Waals surface area (Å²) in [6.45, 7) is 5.62. The second-order valence-corrected chi connectivity index (χ2v) is 4.90. The van der Waals surface area contributed by atoms with Gasteiger partial charge in [-0.2, -0.15) is 4.39 Å². The van der Waals surface area contributed by atoms with Gasteiger partial charge >= 0.3 is 5.69 Å². The molecule has 0 spiro atoms. The lowest BCUT2D eigenvalue weighted by Gasteiger charge is -2.20. The van der Waals surface area contributed by atoms with E-state index < -0.39 is 22.2 Å². The fourth-order valence-corrected chi connectivity index (χ4v) is 1.59. The van der Waals surface area contributed by atoms with E-state index in [9.17, 15) is 18.9 Å². The van der Waals surface area contributed by atoms with E-state index in [-0.39, 0.29) is 12.1 Å². The Kier molecular flexibility index (Phi) is 5.97. The number of nitro benzene ring substituents is 1. The summed E-state index contributed by atoms with van der Waals surface area (Å²) < 4.78 is 26.7. The number of rotatable bonds is 7. The molecule has 0 aliphatic heterocycles. The van der Waals surface area contributed by atoms with E-state index in [2.05, 4.69) is 24.1 Å². The molecule has 1 aromatic rings. The molecule has 0 saturated heterocycles. The summed E-state index contributed by atoms with van der Waals surface area (Å²) in [4.78, 5) is 11.8. The van der Waals surface area contributed by atoms with Gasteiger partial charge in [-0.25, -0.2) is 4.39 Å². The third-order valence-corrected chi connectivity index (χ3v) is 3.15. The van der Waals surface area contributed by atoms with Gasteiger partial charge in [-0.1, -0.05) is 0 Å². The number of likely N-dealkylation sites (N-methyl/N-ethyl adjacent to an activating group) is 1. The van der Waals surface area contributed by atoms with Crippen LogP contribution in [0.25, 0.3) is 0 Å². The van der Waals surface area contributed by atoms with Gasteiger partial charge in [0.1, 0.15) is 5.82 Å². The van der Waals surface area contributed by atoms with Crippen molar-refractivity contribution in [3.8, 4) is 0 Å². The Bertz CT molecular complexity index is 481. The van der Waals surface area contributed by atoms with Crippen LogP contribution in [0.15, 0.2) is 12.1 Å². The van der Waals surface area contributed by atoms with Crippen LogP contribution >= 0.6 is 0 Å². The molecule has 7 heteroatoms. The van der Waals surface area contributed by atoms with Gasteiger partial charge in [0.15, 0.2) is 0 Å². The molecule has 0 aliphatic carbocycles. The van der Waals surface area contributed by atoms with Gasteiger partial charge in [-0.3, -0.25) is 10.1 Å². The van der Waals surface area contributed by atoms with Gasteiger partial charge in [0.25, 0.3) is 0 Å². The molecule has 0 radical (unpaired) electrons. The summed E-state index contributed by atoms with van der Waals surface area (Å²) in [6.07, 6.45) is 0. The lowest BCUT2D eigenvalue weighted by molar-refractivity contribution is -0.387. The lowest BCUT2D eigenvalue weighted by atomic mass is 10.1. The molecule has 0 atom stereocenters. The van der Waals surface area contributed by atoms with Crippen molar-refractivity contribution in [2.45, 2.75) is 26.4 Å². The van der Waals surface area contributed by atoms with Crippen molar-refractivity contribution in [2.24, 2.45) is 0 Å². The van der Waals surface area contributed by atoms with Gasteiger partial charge in [-0.05, 0) is 20.9 Å². The number of halogens is 2. The zero-order valence-corrected chi connectivity index (χ0v) is 11.8. The van der Waals surface area contributed by atoms with Crippen molar-refractivity contribution < 1.29 is 13.7 Å². The van der Waals surface area contributed by atoms with E-state index in [0.29, 0.717) is 18.7 Å². The Morgan fingerprint density at radius 2 is 2.00 bits per heavy atom. The maximum atomic E-state index is 13.5. The van der Waals surface area contributed by atoms with Crippen LogP contribution < -0.4 is 5.32 Å². The number of nitro groups is 1. The Morgan fingerprint density at radius 1 is 1.35 bits per heavy atom. The first kappa shape index (κ1) is 16.5. The van der Waals surface area contributed by atoms with E-state index in [0.717, 1.165) is 12.6 Å². The SMILES string of the molecule is CC(C)N(C)CCNCc1cc([N+](=O)[O-])c(F)cc1F. The van der Waals surface area contributed by atoms with Crippen LogP contribution in [0.4, 0.5) is 14.5 Å². The van der Waals surface area contributed by atoms with Crippen molar-refractivity contribution in [1.82, 2.24) is 10.2 Å². The highest BCUT2D eigenvalue weighted by molar-refractivity contribution is 5.37. The third-order valence-electron chi connectivity index (χ3n) is 3.15. The zero-order chi connectivity index (χ0) is 15.3. The van der Waals surface area contributed by atoms with Crippen molar-refractivity contribution in [3.05, 3.63) is 39.4 Å². The minimum atomic E-state index is -1.16. The maximum Gasteiger partial charge on any atom is 0.305 e. The monoisotopic (exact) mass is 287 g/mol. The molecule has 112 valence electrons. The van der Waals surface area contributed by atoms with E-state index in [1.54, 1.807) is 0 Å². The molecule has 0 heterocycles. The highest BCUT2D eigenvalue weighted by Gasteiger charge is 2.18. The number of hydrogen-bond donors (Lipinski definition) is 1. The molecule has 0 amide bonds. The van der Waals surface area contributed by atoms with Gasteiger partial charge < -0.3 is 10.2 Å². The molecule has 0 fully saturated rings. The molecule has 0 saturated carbocycles. The number of nitrogens with one attached hydrogen (secondary N) is 1. The molecule has 0 aromatic heterocycles. The average Bonchev–Trinajstić information content (AvgIpc) is 2.35. The average molecular weight is 287 g/mol. The first-order valence-corrected chi connectivity index (χ1v) is 6.36. The van der Waals surface area contributed by atoms with E-state index in [1.807, 2.05) is 7.05 Å². The van der Waals surface area contributed by atoms with Crippen LogP contribution in [0.1, 0.15) is 19.4 Å². The Hall–Kier alpha value is -1.60. The highest BCUT2D eigenvalue weighted by Crippen LogP contribution is 2.21. The van der Waals surface area contributed by atoms with Crippen LogP contribution in [-0.2, 0) is 6.54 Å². The Balaban J connectivity index is 2.60. The van der Waals surface area contributed by atoms with Crippen LogP contribution in [0.3, 0.4) is 0 Å². The second-order valence-electron chi connectivity index (χ2n) is 4.90. The fourth-order valence-electron chi connectivity index (χ4n) is 1.59. The first-order chi connectivity index (χ1) is 9.32. The lowest BCUT2D eigenvalue weighted by Crippen LogP contribution is -2.33. The first-order valence-electron chi connectivity index (χ1n) is 6.36. The summed E-state index contributed by atoms with van der Waals surface area (Å²) in [5.41, 5.74) is -0.618. The van der Waals surface area contributed by atoms with Crippen molar-refractivity contribution in [1.29, 1.82) is 0 Å². The molecule has 0 unspecified atom stereocenters. The topological polar surface area (TPSA) is 58.4 Å². The van der Waals surface area contributed by atoms with E-state index in [1.165, 1.54) is 0 Å². The molecule has 1 aromatic carbocycles. The highest BCUT2D eigenvalue weighted by atomic mass is 19.1. The molecule has 0 aliphatic rings. The smallest absolute Gasteiger partial charge is 0.305 e. The fraction of sp³-hybridized carbons (Fsp3) is 0.538. The predicted molar refractivity (Wildman–Crippen MR) is 72.5 cm³/mol. The summed E-state index contributed by atoms with van der Waals surface area (Å²) in [5, 5.41) is 13.6. The summed E-state index contributed by atoms with van der Waals surface area (Å²) in [7, 11) is 1.97. The summed E-state index contributed by atoms with van der Waals surface area (Å²) in [5.74, 6) is -1.94. The summed E-state index contributed by atoms with van der Waals surface area (Å²) in [6, 6.07) is 1.89. The number of hydrogen-bond acceptors (Lipinski definition) is 4. The second kappa shape index (κ2) is 7.25. The zero-order valence-electron chi connectivity index (χ0n) is 11.8. The van der Waals surface area contributed by atoms with Gasteiger partial charge in [0, 0.05) is 43.4 Å². The molecular weight excluding hydrogens is 268 g/mol. The third kappa shape index (κ3) is 4.50. The van der Waals surface area contributed by atoms with Crippen molar-refractivity contribution in [2.75, 3.05) is 20.1 Å². The van der Waals surface area contributed by atoms with Gasteiger partial charge in [0.2, 0.25) is 5.82 Å². The molecule has 20 heavy (non-hydrogen) atoms. The van der Waals surface area contributed by atoms with Crippen molar-refractivity contribution >= 4 is 5.69 Å². The van der Waals surface area contributed by atoms with Crippen LogP contribution in [0, 0.1) is 21.7 Å². The van der Waals surface area contributed by atoms with Crippen LogP contribution in [0.5, 0.6) is 0 Å². The standard InChI is InChI=1S/C13H19F2N3O2/c1-9(2)17(3)5-4-16-8-10-6-13(18(19)20)12(15)7-11(10)14/h6-7,9,16H,4-5,8H2,1-3H3. The molecule has 5 nitrogen and oxygen atoms in total. The largest absolute Gasteiger partial charge is 0.311 e. The van der Waals surface area contributed by atoms with Crippen molar-refractivity contribution in [3.63, 3.8) is 0 Å². The summed E-state index contributed by atoms with van der Waals surface area (Å²) >= 11 is 0. The molecule has 1 N–H and O–H groups in total. The normalized spacial score (nSPS) is 11.3. The quantitative estimate of drug-likeness (QED) is 0.475. The Labute approximate surface area is 116 Å². The van der Waals surface area contributed by atoms with E-state index in [4.69, 9.17) is 0 Å². The maximum absolute atomic E-state index is 13.5. The van der Waals surface area contributed by atoms with Crippen LogP contribution in [-0.4, -0.2) is 36.0 Å². The minimum Gasteiger partial charge on any atom is -0.311 e. The molecule has 0 bridgehead atoms. The van der Waals surface area contributed by atoms with Gasteiger partial charge in [0.05, 0.1) is 4.92 Å². The molecular formula is C13H19F2N3O2. The number of benzene rings is 1. The van der Waals surface area contributed by atoms with Crippen LogP contribution in [0.2, 0.25) is 0 Å². The Morgan fingerprint density at radius 3 is 2.55 bits per heavy atom. The molecule has 1 rings (SSSR count). The minimum absolute atomic E-state index is 0.0882. The predicted octanol–water partition coefficient (Wildman–Crippen LogP) is 2.30. The van der Waals surface area contributed by atoms with Gasteiger partial charge in [-0.15, -0.1) is 0 Å². The van der Waals surface area contributed by atoms with E-state index >= 15 is 0 Å². The number of nitrogens with zero attached hydrogens (tertiary/aromatic N) is 2.